The number of carbonyl (C=O) groups is 1. The average Bonchev–Trinajstić information content (AvgIpc) is 3.03. The number of anilines is 3. The molecule has 1 aliphatic heterocycles. The number of para-hydroxylation sites is 2. The summed E-state index contributed by atoms with van der Waals surface area (Å²) in [6, 6.07) is 19.1. The van der Waals surface area contributed by atoms with E-state index in [0.717, 1.165) is 12.1 Å². The summed E-state index contributed by atoms with van der Waals surface area (Å²) in [7, 11) is 0. The molecule has 1 aliphatic rings. The first-order valence-corrected chi connectivity index (χ1v) is 9.10. The van der Waals surface area contributed by atoms with E-state index in [0.29, 0.717) is 22.9 Å². The minimum atomic E-state index is -0.366. The number of fused-ring (bicyclic) bond motifs is 1. The molecule has 1 amide bonds. The SMILES string of the molecule is Cc1nc(C(=O)Nc2ccccc2C#N)cc(N2c3ccccc3CC2C)n1. The van der Waals surface area contributed by atoms with E-state index in [-0.39, 0.29) is 17.6 Å². The zero-order valence-electron chi connectivity index (χ0n) is 15.7. The van der Waals surface area contributed by atoms with Gasteiger partial charge in [0.05, 0.1) is 11.3 Å². The van der Waals surface area contributed by atoms with E-state index in [1.807, 2.05) is 12.1 Å². The van der Waals surface area contributed by atoms with Crippen LogP contribution < -0.4 is 10.2 Å². The molecule has 0 aliphatic carbocycles. The molecule has 6 heteroatoms. The lowest BCUT2D eigenvalue weighted by Gasteiger charge is -2.24. The molecule has 1 N–H and O–H groups in total. The maximum Gasteiger partial charge on any atom is 0.274 e. The van der Waals surface area contributed by atoms with Crippen molar-refractivity contribution >= 4 is 23.1 Å². The summed E-state index contributed by atoms with van der Waals surface area (Å²) in [6.45, 7) is 3.91. The Kier molecular flexibility index (Phi) is 4.50. The van der Waals surface area contributed by atoms with Gasteiger partial charge in [-0.25, -0.2) is 9.97 Å². The summed E-state index contributed by atoms with van der Waals surface area (Å²) in [6.07, 6.45) is 0.927. The largest absolute Gasteiger partial charge is 0.323 e. The fraction of sp³-hybridized carbons (Fsp3) is 0.182. The van der Waals surface area contributed by atoms with Gasteiger partial charge in [-0.15, -0.1) is 0 Å². The monoisotopic (exact) mass is 369 g/mol. The summed E-state index contributed by atoms with van der Waals surface area (Å²) in [4.78, 5) is 23.8. The Labute approximate surface area is 163 Å². The Morgan fingerprint density at radius 1 is 1.18 bits per heavy atom. The Balaban J connectivity index is 1.68. The van der Waals surface area contributed by atoms with E-state index in [1.54, 1.807) is 37.3 Å². The second-order valence-electron chi connectivity index (χ2n) is 6.82. The number of nitrogens with zero attached hydrogens (tertiary/aromatic N) is 4. The van der Waals surface area contributed by atoms with Crippen molar-refractivity contribution in [3.05, 3.63) is 77.2 Å². The normalized spacial score (nSPS) is 15.0. The molecule has 0 bridgehead atoms. The Morgan fingerprint density at radius 2 is 1.93 bits per heavy atom. The van der Waals surface area contributed by atoms with E-state index in [4.69, 9.17) is 0 Å². The molecule has 1 unspecified atom stereocenters. The minimum Gasteiger partial charge on any atom is -0.323 e. The highest BCUT2D eigenvalue weighted by Crippen LogP contribution is 2.37. The van der Waals surface area contributed by atoms with Gasteiger partial charge in [0.15, 0.2) is 0 Å². The number of rotatable bonds is 3. The van der Waals surface area contributed by atoms with Crippen LogP contribution in [-0.2, 0) is 6.42 Å². The van der Waals surface area contributed by atoms with Gasteiger partial charge in [-0.3, -0.25) is 4.79 Å². The average molecular weight is 369 g/mol. The molecular formula is C22H19N5O. The van der Waals surface area contributed by atoms with Crippen molar-refractivity contribution in [2.24, 2.45) is 0 Å². The van der Waals surface area contributed by atoms with E-state index in [1.165, 1.54) is 5.56 Å². The minimum absolute atomic E-state index is 0.238. The lowest BCUT2D eigenvalue weighted by molar-refractivity contribution is 0.102. The number of benzene rings is 2. The molecule has 138 valence electrons. The highest BCUT2D eigenvalue weighted by atomic mass is 16.1. The van der Waals surface area contributed by atoms with Crippen molar-refractivity contribution in [3.63, 3.8) is 0 Å². The van der Waals surface area contributed by atoms with E-state index in [2.05, 4.69) is 45.3 Å². The second kappa shape index (κ2) is 7.12. The molecule has 0 fully saturated rings. The molecule has 4 rings (SSSR count). The molecule has 0 radical (unpaired) electrons. The molecule has 1 atom stereocenters. The number of amides is 1. The highest BCUT2D eigenvalue weighted by molar-refractivity contribution is 6.04. The molecule has 6 nitrogen and oxygen atoms in total. The number of hydrogen-bond acceptors (Lipinski definition) is 5. The van der Waals surface area contributed by atoms with Crippen LogP contribution in [0.3, 0.4) is 0 Å². The van der Waals surface area contributed by atoms with Gasteiger partial charge >= 0.3 is 0 Å². The molecule has 2 heterocycles. The van der Waals surface area contributed by atoms with Gasteiger partial charge in [0.25, 0.3) is 5.91 Å². The number of hydrogen-bond donors (Lipinski definition) is 1. The zero-order valence-corrected chi connectivity index (χ0v) is 15.7. The number of carbonyl (C=O) groups excluding carboxylic acids is 1. The Bertz CT molecular complexity index is 1100. The number of aromatic nitrogens is 2. The first-order chi connectivity index (χ1) is 13.6. The smallest absolute Gasteiger partial charge is 0.274 e. The van der Waals surface area contributed by atoms with Crippen LogP contribution in [0.15, 0.2) is 54.6 Å². The lowest BCUT2D eigenvalue weighted by Crippen LogP contribution is -2.26. The molecule has 3 aromatic rings. The summed E-state index contributed by atoms with van der Waals surface area (Å²) < 4.78 is 0. The summed E-state index contributed by atoms with van der Waals surface area (Å²) in [5, 5.41) is 12.0. The van der Waals surface area contributed by atoms with Crippen LogP contribution in [0.5, 0.6) is 0 Å². The van der Waals surface area contributed by atoms with Gasteiger partial charge in [-0.1, -0.05) is 30.3 Å². The van der Waals surface area contributed by atoms with E-state index < -0.39 is 0 Å². The number of aryl methyl sites for hydroxylation is 1. The fourth-order valence-electron chi connectivity index (χ4n) is 3.58. The maximum atomic E-state index is 12.8. The summed E-state index contributed by atoms with van der Waals surface area (Å²) in [5.74, 6) is 0.853. The van der Waals surface area contributed by atoms with Gasteiger partial charge in [0.2, 0.25) is 0 Å². The standard InChI is InChI=1S/C22H19N5O/c1-14-11-16-7-4-6-10-20(16)27(14)21-12-19(24-15(2)25-21)22(28)26-18-9-5-3-8-17(18)13-23/h3-10,12,14H,11H2,1-2H3,(H,26,28). The van der Waals surface area contributed by atoms with Gasteiger partial charge in [-0.05, 0) is 44.0 Å². The third kappa shape index (κ3) is 3.19. The van der Waals surface area contributed by atoms with Crippen molar-refractivity contribution < 1.29 is 4.79 Å². The van der Waals surface area contributed by atoms with Crippen LogP contribution in [-0.4, -0.2) is 21.9 Å². The van der Waals surface area contributed by atoms with Crippen LogP contribution in [0.25, 0.3) is 0 Å². The summed E-state index contributed by atoms with van der Waals surface area (Å²) in [5.41, 5.74) is 3.51. The van der Waals surface area contributed by atoms with E-state index in [9.17, 15) is 10.1 Å². The van der Waals surface area contributed by atoms with Crippen molar-refractivity contribution in [3.8, 4) is 6.07 Å². The van der Waals surface area contributed by atoms with Crippen molar-refractivity contribution in [1.29, 1.82) is 5.26 Å². The molecule has 1 aromatic heterocycles. The van der Waals surface area contributed by atoms with Crippen LogP contribution in [0.1, 0.15) is 34.4 Å². The predicted octanol–water partition coefficient (Wildman–Crippen LogP) is 3.99. The fourth-order valence-corrected chi connectivity index (χ4v) is 3.58. The number of nitriles is 1. The first kappa shape index (κ1) is 17.7. The lowest BCUT2D eigenvalue weighted by atomic mass is 10.1. The maximum absolute atomic E-state index is 12.8. The van der Waals surface area contributed by atoms with Crippen molar-refractivity contribution in [2.75, 3.05) is 10.2 Å². The highest BCUT2D eigenvalue weighted by Gasteiger charge is 2.28. The third-order valence-electron chi connectivity index (χ3n) is 4.81. The Hall–Kier alpha value is -3.72. The number of nitrogens with one attached hydrogen (secondary N) is 1. The van der Waals surface area contributed by atoms with Crippen LogP contribution in [0, 0.1) is 18.3 Å². The molecule has 2 aromatic carbocycles. The van der Waals surface area contributed by atoms with Gasteiger partial charge in [0.1, 0.15) is 23.4 Å². The van der Waals surface area contributed by atoms with Crippen LogP contribution >= 0.6 is 0 Å². The van der Waals surface area contributed by atoms with Crippen molar-refractivity contribution in [1.82, 2.24) is 9.97 Å². The first-order valence-electron chi connectivity index (χ1n) is 9.10. The van der Waals surface area contributed by atoms with Gasteiger partial charge in [-0.2, -0.15) is 5.26 Å². The zero-order chi connectivity index (χ0) is 19.7. The van der Waals surface area contributed by atoms with Crippen LogP contribution in [0.4, 0.5) is 17.2 Å². The molecule has 28 heavy (non-hydrogen) atoms. The van der Waals surface area contributed by atoms with Gasteiger partial charge in [0, 0.05) is 17.8 Å². The molecule has 0 saturated carbocycles. The topological polar surface area (TPSA) is 81.9 Å². The predicted molar refractivity (Wildman–Crippen MR) is 108 cm³/mol. The van der Waals surface area contributed by atoms with Crippen LogP contribution in [0.2, 0.25) is 0 Å². The van der Waals surface area contributed by atoms with Crippen molar-refractivity contribution in [2.45, 2.75) is 26.3 Å². The summed E-state index contributed by atoms with van der Waals surface area (Å²) >= 11 is 0. The third-order valence-corrected chi connectivity index (χ3v) is 4.81. The molecular weight excluding hydrogens is 350 g/mol. The Morgan fingerprint density at radius 3 is 2.75 bits per heavy atom. The second-order valence-corrected chi connectivity index (χ2v) is 6.82. The van der Waals surface area contributed by atoms with Gasteiger partial charge < -0.3 is 10.2 Å². The molecule has 0 saturated heterocycles. The molecule has 0 spiro atoms. The van der Waals surface area contributed by atoms with E-state index >= 15 is 0 Å². The quantitative estimate of drug-likeness (QED) is 0.755.